The van der Waals surface area contributed by atoms with Crippen molar-refractivity contribution in [3.8, 4) is 12.3 Å². The molecule has 7 nitrogen and oxygen atoms in total. The van der Waals surface area contributed by atoms with Crippen molar-refractivity contribution in [2.45, 2.75) is 71.6 Å². The Morgan fingerprint density at radius 2 is 1.84 bits per heavy atom. The van der Waals surface area contributed by atoms with Gasteiger partial charge in [0.1, 0.15) is 18.2 Å². The van der Waals surface area contributed by atoms with Crippen LogP contribution in [0, 0.1) is 18.3 Å². The minimum atomic E-state index is -0.804. The van der Waals surface area contributed by atoms with Crippen LogP contribution >= 0.6 is 0 Å². The monoisotopic (exact) mass is 441 g/mol. The summed E-state index contributed by atoms with van der Waals surface area (Å²) < 4.78 is 5.23. The van der Waals surface area contributed by atoms with E-state index in [1.54, 1.807) is 49.9 Å². The largest absolute Gasteiger partial charge is 0.444 e. The van der Waals surface area contributed by atoms with Crippen LogP contribution in [0.3, 0.4) is 0 Å². The number of ether oxygens (including phenoxy) is 1. The molecule has 32 heavy (non-hydrogen) atoms. The number of carbonyl (C=O) groups is 3. The van der Waals surface area contributed by atoms with Crippen molar-refractivity contribution in [3.05, 3.63) is 35.4 Å². The van der Waals surface area contributed by atoms with Gasteiger partial charge in [0.15, 0.2) is 0 Å². The molecule has 0 aliphatic heterocycles. The van der Waals surface area contributed by atoms with Crippen molar-refractivity contribution in [1.29, 1.82) is 0 Å². The third-order valence-electron chi connectivity index (χ3n) is 5.24. The molecule has 2 N–H and O–H groups in total. The number of hydrogen-bond donors (Lipinski definition) is 2. The lowest BCUT2D eigenvalue weighted by atomic mass is 10.0. The van der Waals surface area contributed by atoms with Gasteiger partial charge in [0.2, 0.25) is 11.8 Å². The number of benzene rings is 1. The standard InChI is InChI=1S/C25H35N3O4/c1-7-9-14-26-23(30)22(19-12-10-18(8-2)11-13-19)28(20-15-17(20)3)21(29)16-27-24(31)32-25(4,5)6/h2,10-13,17,20,22H,7,9,14-16H2,1,3-6H3,(H,26,30)(H,27,31). The van der Waals surface area contributed by atoms with Crippen molar-refractivity contribution in [2.75, 3.05) is 13.1 Å². The predicted octanol–water partition coefficient (Wildman–Crippen LogP) is 3.39. The summed E-state index contributed by atoms with van der Waals surface area (Å²) in [5, 5.41) is 5.48. The third-order valence-corrected chi connectivity index (χ3v) is 5.24. The summed E-state index contributed by atoms with van der Waals surface area (Å²) in [6, 6.07) is 6.22. The Labute approximate surface area is 191 Å². The molecule has 0 aromatic heterocycles. The smallest absolute Gasteiger partial charge is 0.408 e. The number of unbranched alkanes of at least 4 members (excludes halogenated alkanes) is 1. The van der Waals surface area contributed by atoms with Gasteiger partial charge in [-0.05, 0) is 57.2 Å². The van der Waals surface area contributed by atoms with Gasteiger partial charge in [-0.2, -0.15) is 0 Å². The van der Waals surface area contributed by atoms with Crippen molar-refractivity contribution >= 4 is 17.9 Å². The highest BCUT2D eigenvalue weighted by molar-refractivity contribution is 5.91. The fraction of sp³-hybridized carbons (Fsp3) is 0.560. The second kappa shape index (κ2) is 11.0. The Morgan fingerprint density at radius 1 is 1.22 bits per heavy atom. The molecule has 3 atom stereocenters. The van der Waals surface area contributed by atoms with E-state index >= 15 is 0 Å². The third kappa shape index (κ3) is 7.30. The molecular weight excluding hydrogens is 406 g/mol. The Hall–Kier alpha value is -3.01. The first-order valence-electron chi connectivity index (χ1n) is 11.2. The summed E-state index contributed by atoms with van der Waals surface area (Å²) in [7, 11) is 0. The molecule has 174 valence electrons. The number of carbonyl (C=O) groups excluding carboxylic acids is 3. The first-order valence-corrected chi connectivity index (χ1v) is 11.2. The van der Waals surface area contributed by atoms with E-state index in [1.807, 2.05) is 13.8 Å². The van der Waals surface area contributed by atoms with Gasteiger partial charge >= 0.3 is 6.09 Å². The molecule has 7 heteroatoms. The fourth-order valence-electron chi connectivity index (χ4n) is 3.45. The summed E-state index contributed by atoms with van der Waals surface area (Å²) in [5.41, 5.74) is 0.712. The zero-order valence-electron chi connectivity index (χ0n) is 19.7. The molecule has 2 rings (SSSR count). The zero-order chi connectivity index (χ0) is 23.9. The van der Waals surface area contributed by atoms with Crippen LogP contribution < -0.4 is 10.6 Å². The Balaban J connectivity index is 2.27. The SMILES string of the molecule is C#Cc1ccc(C(C(=O)NCCCC)N(C(=O)CNC(=O)OC(C)(C)C)C2CC2C)cc1. The molecule has 0 saturated heterocycles. The summed E-state index contributed by atoms with van der Waals surface area (Å²) in [6.45, 7) is 9.63. The van der Waals surface area contributed by atoms with Crippen LogP contribution in [0.5, 0.6) is 0 Å². The maximum Gasteiger partial charge on any atom is 0.408 e. The summed E-state index contributed by atoms with van der Waals surface area (Å²) in [4.78, 5) is 40.1. The van der Waals surface area contributed by atoms with Crippen molar-refractivity contribution in [1.82, 2.24) is 15.5 Å². The Bertz CT molecular complexity index is 851. The van der Waals surface area contributed by atoms with E-state index in [1.165, 1.54) is 0 Å². The van der Waals surface area contributed by atoms with E-state index in [-0.39, 0.29) is 30.3 Å². The maximum atomic E-state index is 13.3. The molecule has 0 spiro atoms. The zero-order valence-corrected chi connectivity index (χ0v) is 19.7. The number of nitrogens with zero attached hydrogens (tertiary/aromatic N) is 1. The number of hydrogen-bond acceptors (Lipinski definition) is 4. The highest BCUT2D eigenvalue weighted by Gasteiger charge is 2.46. The predicted molar refractivity (Wildman–Crippen MR) is 124 cm³/mol. The van der Waals surface area contributed by atoms with Gasteiger partial charge in [0, 0.05) is 18.2 Å². The average Bonchev–Trinajstić information content (AvgIpc) is 3.45. The molecule has 3 amide bonds. The molecule has 0 radical (unpaired) electrons. The van der Waals surface area contributed by atoms with Crippen molar-refractivity contribution < 1.29 is 19.1 Å². The Morgan fingerprint density at radius 3 is 2.34 bits per heavy atom. The van der Waals surface area contributed by atoms with Crippen LogP contribution in [-0.4, -0.2) is 47.5 Å². The molecule has 1 aromatic rings. The molecule has 1 fully saturated rings. The van der Waals surface area contributed by atoms with Crippen LogP contribution in [0.2, 0.25) is 0 Å². The van der Waals surface area contributed by atoms with E-state index in [0.29, 0.717) is 17.7 Å². The van der Waals surface area contributed by atoms with Gasteiger partial charge in [-0.25, -0.2) is 4.79 Å². The molecule has 1 aromatic carbocycles. The lowest BCUT2D eigenvalue weighted by Gasteiger charge is -2.32. The lowest BCUT2D eigenvalue weighted by molar-refractivity contribution is -0.141. The van der Waals surface area contributed by atoms with E-state index < -0.39 is 17.7 Å². The fourth-order valence-corrected chi connectivity index (χ4v) is 3.45. The van der Waals surface area contributed by atoms with E-state index in [4.69, 9.17) is 11.2 Å². The molecule has 3 unspecified atom stereocenters. The van der Waals surface area contributed by atoms with E-state index in [0.717, 1.165) is 19.3 Å². The second-order valence-electron chi connectivity index (χ2n) is 9.25. The minimum Gasteiger partial charge on any atom is -0.444 e. The van der Waals surface area contributed by atoms with Crippen LogP contribution in [0.25, 0.3) is 0 Å². The van der Waals surface area contributed by atoms with Gasteiger partial charge < -0.3 is 20.3 Å². The number of nitrogens with one attached hydrogen (secondary N) is 2. The lowest BCUT2D eigenvalue weighted by Crippen LogP contribution is -2.49. The van der Waals surface area contributed by atoms with Crippen molar-refractivity contribution in [3.63, 3.8) is 0 Å². The summed E-state index contributed by atoms with van der Waals surface area (Å²) >= 11 is 0. The van der Waals surface area contributed by atoms with Crippen LogP contribution in [-0.2, 0) is 14.3 Å². The average molecular weight is 442 g/mol. The highest BCUT2D eigenvalue weighted by atomic mass is 16.6. The molecule has 0 heterocycles. The topological polar surface area (TPSA) is 87.7 Å². The molecular formula is C25H35N3O4. The quantitative estimate of drug-likeness (QED) is 0.454. The normalized spacial score (nSPS) is 18.1. The van der Waals surface area contributed by atoms with Gasteiger partial charge in [-0.15, -0.1) is 6.42 Å². The van der Waals surface area contributed by atoms with E-state index in [2.05, 4.69) is 16.6 Å². The second-order valence-corrected chi connectivity index (χ2v) is 9.25. The first kappa shape index (κ1) is 25.3. The van der Waals surface area contributed by atoms with Gasteiger partial charge in [-0.1, -0.05) is 38.3 Å². The summed E-state index contributed by atoms with van der Waals surface area (Å²) in [6.07, 6.45) is 7.40. The van der Waals surface area contributed by atoms with Crippen LogP contribution in [0.1, 0.15) is 71.0 Å². The molecule has 1 aliphatic carbocycles. The number of terminal acetylenes is 1. The first-order chi connectivity index (χ1) is 15.1. The number of amides is 3. The van der Waals surface area contributed by atoms with Gasteiger partial charge in [0.25, 0.3) is 0 Å². The molecule has 1 saturated carbocycles. The Kier molecular flexibility index (Phi) is 8.71. The van der Waals surface area contributed by atoms with Crippen LogP contribution in [0.15, 0.2) is 24.3 Å². The number of rotatable bonds is 9. The molecule has 0 bridgehead atoms. The van der Waals surface area contributed by atoms with E-state index in [9.17, 15) is 14.4 Å². The highest BCUT2D eigenvalue weighted by Crippen LogP contribution is 2.40. The van der Waals surface area contributed by atoms with Crippen LogP contribution in [0.4, 0.5) is 4.79 Å². The van der Waals surface area contributed by atoms with Gasteiger partial charge in [-0.3, -0.25) is 9.59 Å². The minimum absolute atomic E-state index is 0.0721. The molecule has 1 aliphatic rings. The van der Waals surface area contributed by atoms with Crippen molar-refractivity contribution in [2.24, 2.45) is 5.92 Å². The summed E-state index contributed by atoms with van der Waals surface area (Å²) in [5.74, 6) is 2.27. The number of alkyl carbamates (subject to hydrolysis) is 1. The van der Waals surface area contributed by atoms with Gasteiger partial charge in [0.05, 0.1) is 0 Å². The maximum absolute atomic E-state index is 13.3.